The number of hydrogen-bond acceptors (Lipinski definition) is 3. The summed E-state index contributed by atoms with van der Waals surface area (Å²) in [4.78, 5) is 0. The van der Waals surface area contributed by atoms with Gasteiger partial charge in [-0.15, -0.1) is 0 Å². The second kappa shape index (κ2) is 4.46. The van der Waals surface area contributed by atoms with E-state index in [2.05, 4.69) is 0 Å². The highest BCUT2D eigenvalue weighted by Gasteiger charge is 2.08. The molecule has 0 amide bonds. The smallest absolute Gasteiger partial charge is 0.132 e. The lowest BCUT2D eigenvalue weighted by molar-refractivity contribution is 0.147. The zero-order valence-electron chi connectivity index (χ0n) is 6.49. The van der Waals surface area contributed by atoms with Crippen LogP contribution in [0.15, 0.2) is 22.8 Å². The molecule has 0 spiro atoms. The fraction of sp³-hybridized carbons (Fsp3) is 0.500. The SMILES string of the molecule is CSCCC(O)c1ccco1. The van der Waals surface area contributed by atoms with Gasteiger partial charge in [0, 0.05) is 0 Å². The quantitative estimate of drug-likeness (QED) is 0.754. The van der Waals surface area contributed by atoms with Gasteiger partial charge in [0.15, 0.2) is 0 Å². The van der Waals surface area contributed by atoms with Crippen molar-refractivity contribution < 1.29 is 9.52 Å². The minimum atomic E-state index is -0.433. The average Bonchev–Trinajstić information content (AvgIpc) is 2.52. The first kappa shape index (κ1) is 8.68. The first-order chi connectivity index (χ1) is 5.34. The molecular formula is C8H12O2S. The molecule has 0 fully saturated rings. The van der Waals surface area contributed by atoms with Gasteiger partial charge in [-0.25, -0.2) is 0 Å². The Kier molecular flexibility index (Phi) is 3.52. The summed E-state index contributed by atoms with van der Waals surface area (Å²) >= 11 is 1.73. The summed E-state index contributed by atoms with van der Waals surface area (Å²) < 4.78 is 5.03. The summed E-state index contributed by atoms with van der Waals surface area (Å²) in [5.74, 6) is 1.63. The summed E-state index contributed by atoms with van der Waals surface area (Å²) in [5.41, 5.74) is 0. The molecule has 1 aromatic heterocycles. The third-order valence-corrected chi connectivity index (χ3v) is 2.11. The Labute approximate surface area is 70.6 Å². The van der Waals surface area contributed by atoms with Crippen molar-refractivity contribution >= 4 is 11.8 Å². The maximum Gasteiger partial charge on any atom is 0.132 e. The van der Waals surface area contributed by atoms with Gasteiger partial charge in [0.1, 0.15) is 11.9 Å². The molecule has 0 saturated carbocycles. The minimum Gasteiger partial charge on any atom is -0.467 e. The van der Waals surface area contributed by atoms with Gasteiger partial charge in [-0.1, -0.05) is 0 Å². The van der Waals surface area contributed by atoms with Gasteiger partial charge >= 0.3 is 0 Å². The van der Waals surface area contributed by atoms with E-state index < -0.39 is 6.10 Å². The number of furan rings is 1. The van der Waals surface area contributed by atoms with Crippen LogP contribution in [0.25, 0.3) is 0 Å². The lowest BCUT2D eigenvalue weighted by Crippen LogP contribution is -1.96. The van der Waals surface area contributed by atoms with Crippen LogP contribution in [0, 0.1) is 0 Å². The molecular weight excluding hydrogens is 160 g/mol. The number of thioether (sulfide) groups is 1. The fourth-order valence-electron chi connectivity index (χ4n) is 0.853. The van der Waals surface area contributed by atoms with Gasteiger partial charge in [-0.3, -0.25) is 0 Å². The van der Waals surface area contributed by atoms with Gasteiger partial charge in [0.05, 0.1) is 6.26 Å². The predicted octanol–water partition coefficient (Wildman–Crippen LogP) is 2.07. The second-order valence-electron chi connectivity index (χ2n) is 2.31. The van der Waals surface area contributed by atoms with Crippen LogP contribution in [-0.4, -0.2) is 17.1 Å². The van der Waals surface area contributed by atoms with Crippen molar-refractivity contribution in [2.45, 2.75) is 12.5 Å². The van der Waals surface area contributed by atoms with Crippen LogP contribution in [0.1, 0.15) is 18.3 Å². The Morgan fingerprint density at radius 3 is 3.09 bits per heavy atom. The molecule has 11 heavy (non-hydrogen) atoms. The first-order valence-corrected chi connectivity index (χ1v) is 4.94. The number of aliphatic hydroxyl groups is 1. The first-order valence-electron chi connectivity index (χ1n) is 3.55. The van der Waals surface area contributed by atoms with E-state index in [0.717, 1.165) is 12.2 Å². The van der Waals surface area contributed by atoms with E-state index in [9.17, 15) is 5.11 Å². The Morgan fingerprint density at radius 1 is 1.73 bits per heavy atom. The van der Waals surface area contributed by atoms with Crippen LogP contribution in [0.4, 0.5) is 0 Å². The van der Waals surface area contributed by atoms with E-state index in [-0.39, 0.29) is 0 Å². The Morgan fingerprint density at radius 2 is 2.55 bits per heavy atom. The average molecular weight is 172 g/mol. The Bertz CT molecular complexity index is 184. The Hall–Kier alpha value is -0.410. The van der Waals surface area contributed by atoms with Crippen LogP contribution in [0.5, 0.6) is 0 Å². The van der Waals surface area contributed by atoms with Crippen molar-refractivity contribution in [1.82, 2.24) is 0 Å². The summed E-state index contributed by atoms with van der Waals surface area (Å²) in [7, 11) is 0. The molecule has 0 aromatic carbocycles. The zero-order chi connectivity index (χ0) is 8.10. The lowest BCUT2D eigenvalue weighted by atomic mass is 10.2. The van der Waals surface area contributed by atoms with Crippen molar-refractivity contribution in [2.75, 3.05) is 12.0 Å². The van der Waals surface area contributed by atoms with Crippen molar-refractivity contribution in [3.8, 4) is 0 Å². The van der Waals surface area contributed by atoms with Crippen LogP contribution in [0.3, 0.4) is 0 Å². The van der Waals surface area contributed by atoms with Crippen molar-refractivity contribution in [3.63, 3.8) is 0 Å². The summed E-state index contributed by atoms with van der Waals surface area (Å²) in [6, 6.07) is 3.59. The largest absolute Gasteiger partial charge is 0.467 e. The number of rotatable bonds is 4. The van der Waals surface area contributed by atoms with Crippen LogP contribution in [0.2, 0.25) is 0 Å². The highest BCUT2D eigenvalue weighted by Crippen LogP contribution is 2.17. The summed E-state index contributed by atoms with van der Waals surface area (Å²) in [5, 5.41) is 9.43. The van der Waals surface area contributed by atoms with E-state index >= 15 is 0 Å². The molecule has 0 radical (unpaired) electrons. The van der Waals surface area contributed by atoms with Crippen LogP contribution >= 0.6 is 11.8 Å². The molecule has 1 unspecified atom stereocenters. The fourth-order valence-corrected chi connectivity index (χ4v) is 1.31. The van der Waals surface area contributed by atoms with E-state index in [1.165, 1.54) is 0 Å². The van der Waals surface area contributed by atoms with Gasteiger partial charge in [0.25, 0.3) is 0 Å². The molecule has 1 aromatic rings. The van der Waals surface area contributed by atoms with Gasteiger partial charge < -0.3 is 9.52 Å². The molecule has 0 bridgehead atoms. The monoisotopic (exact) mass is 172 g/mol. The standard InChI is InChI=1S/C8H12O2S/c1-11-6-4-7(9)8-3-2-5-10-8/h2-3,5,7,9H,4,6H2,1H3. The van der Waals surface area contributed by atoms with E-state index in [0.29, 0.717) is 5.76 Å². The van der Waals surface area contributed by atoms with Gasteiger partial charge in [-0.2, -0.15) is 11.8 Å². The van der Waals surface area contributed by atoms with Gasteiger partial charge in [-0.05, 0) is 30.6 Å². The molecule has 0 aliphatic rings. The third kappa shape index (κ3) is 2.60. The predicted molar refractivity (Wildman–Crippen MR) is 46.7 cm³/mol. The maximum absolute atomic E-state index is 9.43. The molecule has 1 N–H and O–H groups in total. The molecule has 2 nitrogen and oxygen atoms in total. The molecule has 1 atom stereocenters. The molecule has 1 heterocycles. The lowest BCUT2D eigenvalue weighted by Gasteiger charge is -2.04. The molecule has 0 aliphatic heterocycles. The van der Waals surface area contributed by atoms with E-state index in [4.69, 9.17) is 4.42 Å². The van der Waals surface area contributed by atoms with Crippen molar-refractivity contribution in [1.29, 1.82) is 0 Å². The zero-order valence-corrected chi connectivity index (χ0v) is 7.30. The molecule has 0 saturated heterocycles. The second-order valence-corrected chi connectivity index (χ2v) is 3.30. The molecule has 62 valence electrons. The van der Waals surface area contributed by atoms with Crippen molar-refractivity contribution in [2.24, 2.45) is 0 Å². The highest BCUT2D eigenvalue weighted by atomic mass is 32.2. The highest BCUT2D eigenvalue weighted by molar-refractivity contribution is 7.98. The van der Waals surface area contributed by atoms with Crippen LogP contribution in [-0.2, 0) is 0 Å². The number of hydrogen-bond donors (Lipinski definition) is 1. The summed E-state index contributed by atoms with van der Waals surface area (Å²) in [6.45, 7) is 0. The summed E-state index contributed by atoms with van der Waals surface area (Å²) in [6.07, 6.45) is 3.93. The number of aliphatic hydroxyl groups excluding tert-OH is 1. The maximum atomic E-state index is 9.43. The van der Waals surface area contributed by atoms with Crippen molar-refractivity contribution in [3.05, 3.63) is 24.2 Å². The molecule has 0 aliphatic carbocycles. The van der Waals surface area contributed by atoms with E-state index in [1.807, 2.05) is 6.26 Å². The topological polar surface area (TPSA) is 33.4 Å². The van der Waals surface area contributed by atoms with E-state index in [1.54, 1.807) is 30.2 Å². The normalized spacial score (nSPS) is 13.3. The van der Waals surface area contributed by atoms with Crippen LogP contribution < -0.4 is 0 Å². The Balaban J connectivity index is 2.36. The third-order valence-electron chi connectivity index (χ3n) is 1.47. The van der Waals surface area contributed by atoms with Gasteiger partial charge in [0.2, 0.25) is 0 Å². The minimum absolute atomic E-state index is 0.433. The molecule has 1 rings (SSSR count). The molecule has 3 heteroatoms.